The van der Waals surface area contributed by atoms with Crippen molar-refractivity contribution in [2.75, 3.05) is 0 Å². The largest absolute Gasteiger partial charge is 0.459 e. The van der Waals surface area contributed by atoms with Gasteiger partial charge in [-0.25, -0.2) is 4.79 Å². The maximum Gasteiger partial charge on any atom is 0.330 e. The van der Waals surface area contributed by atoms with Gasteiger partial charge in [0.25, 0.3) is 0 Å². The van der Waals surface area contributed by atoms with Gasteiger partial charge in [-0.2, -0.15) is 0 Å². The second-order valence-corrected chi connectivity index (χ2v) is 7.72. The zero-order valence-electron chi connectivity index (χ0n) is 15.8. The van der Waals surface area contributed by atoms with E-state index < -0.39 is 0 Å². The fourth-order valence-electron chi connectivity index (χ4n) is 4.38. The Morgan fingerprint density at radius 3 is 2.20 bits per heavy atom. The number of hydrogen-bond donors (Lipinski definition) is 0. The first-order valence-electron chi connectivity index (χ1n) is 10.4. The SMILES string of the molecule is C=C/C=C/CCCC/C=C\C(=O)OC1CCC(C2CCCCC2)CC1. The summed E-state index contributed by atoms with van der Waals surface area (Å²) in [7, 11) is 0. The van der Waals surface area contributed by atoms with Crippen molar-refractivity contribution in [1.29, 1.82) is 0 Å². The summed E-state index contributed by atoms with van der Waals surface area (Å²) >= 11 is 0. The normalized spacial score (nSPS) is 25.4. The molecule has 2 rings (SSSR count). The maximum atomic E-state index is 11.9. The fourth-order valence-corrected chi connectivity index (χ4v) is 4.38. The first kappa shape index (κ1) is 20.0. The highest BCUT2D eigenvalue weighted by atomic mass is 16.5. The Labute approximate surface area is 154 Å². The zero-order valence-corrected chi connectivity index (χ0v) is 15.8. The molecule has 0 aliphatic heterocycles. The van der Waals surface area contributed by atoms with E-state index in [0.29, 0.717) is 0 Å². The van der Waals surface area contributed by atoms with Crippen LogP contribution in [0.2, 0.25) is 0 Å². The molecule has 140 valence electrons. The summed E-state index contributed by atoms with van der Waals surface area (Å²) in [4.78, 5) is 11.9. The molecule has 0 heterocycles. The third-order valence-corrected chi connectivity index (χ3v) is 5.84. The van der Waals surface area contributed by atoms with E-state index in [1.807, 2.05) is 12.2 Å². The number of unbranched alkanes of at least 4 members (excludes halogenated alkanes) is 3. The second-order valence-electron chi connectivity index (χ2n) is 7.72. The fraction of sp³-hybridized carbons (Fsp3) is 0.696. The summed E-state index contributed by atoms with van der Waals surface area (Å²) in [5.41, 5.74) is 0. The Kier molecular flexibility index (Phi) is 9.69. The van der Waals surface area contributed by atoms with Crippen molar-refractivity contribution >= 4 is 5.97 Å². The van der Waals surface area contributed by atoms with E-state index in [2.05, 4.69) is 12.7 Å². The number of rotatable bonds is 9. The van der Waals surface area contributed by atoms with Crippen LogP contribution in [0.3, 0.4) is 0 Å². The van der Waals surface area contributed by atoms with Gasteiger partial charge in [0, 0.05) is 6.08 Å². The third-order valence-electron chi connectivity index (χ3n) is 5.84. The molecule has 0 atom stereocenters. The summed E-state index contributed by atoms with van der Waals surface area (Å²) in [6.07, 6.45) is 25.7. The van der Waals surface area contributed by atoms with Crippen LogP contribution in [0.25, 0.3) is 0 Å². The lowest BCUT2D eigenvalue weighted by atomic mass is 9.73. The van der Waals surface area contributed by atoms with Gasteiger partial charge < -0.3 is 4.74 Å². The van der Waals surface area contributed by atoms with Crippen molar-refractivity contribution in [1.82, 2.24) is 0 Å². The summed E-state index contributed by atoms with van der Waals surface area (Å²) in [5, 5.41) is 0. The van der Waals surface area contributed by atoms with Crippen LogP contribution >= 0.6 is 0 Å². The van der Waals surface area contributed by atoms with E-state index in [1.54, 1.807) is 12.2 Å². The van der Waals surface area contributed by atoms with Crippen LogP contribution in [0.15, 0.2) is 37.0 Å². The van der Waals surface area contributed by atoms with Gasteiger partial charge in [0.15, 0.2) is 0 Å². The van der Waals surface area contributed by atoms with Gasteiger partial charge in [0.05, 0.1) is 0 Å². The molecule has 0 spiro atoms. The van der Waals surface area contributed by atoms with Crippen LogP contribution < -0.4 is 0 Å². The number of carbonyl (C=O) groups is 1. The van der Waals surface area contributed by atoms with Crippen molar-refractivity contribution in [3.63, 3.8) is 0 Å². The van der Waals surface area contributed by atoms with Crippen LogP contribution in [0.5, 0.6) is 0 Å². The number of ether oxygens (including phenoxy) is 1. The van der Waals surface area contributed by atoms with E-state index in [1.165, 1.54) is 44.9 Å². The first-order valence-corrected chi connectivity index (χ1v) is 10.4. The van der Waals surface area contributed by atoms with Crippen molar-refractivity contribution in [2.45, 2.75) is 89.6 Å². The number of esters is 1. The molecule has 0 radical (unpaired) electrons. The van der Waals surface area contributed by atoms with Gasteiger partial charge in [-0.3, -0.25) is 0 Å². The molecule has 0 N–H and O–H groups in total. The Balaban J connectivity index is 1.54. The zero-order chi connectivity index (χ0) is 17.7. The minimum absolute atomic E-state index is 0.146. The van der Waals surface area contributed by atoms with Gasteiger partial charge in [-0.15, -0.1) is 0 Å². The summed E-state index contributed by atoms with van der Waals surface area (Å²) in [5.74, 6) is 1.69. The molecule has 2 aliphatic carbocycles. The summed E-state index contributed by atoms with van der Waals surface area (Å²) in [6.45, 7) is 3.65. The van der Waals surface area contributed by atoms with E-state index in [4.69, 9.17) is 4.74 Å². The highest BCUT2D eigenvalue weighted by Gasteiger charge is 2.29. The maximum absolute atomic E-state index is 11.9. The Bertz CT molecular complexity index is 435. The monoisotopic (exact) mass is 344 g/mol. The van der Waals surface area contributed by atoms with Gasteiger partial charge in [-0.05, 0) is 63.2 Å². The summed E-state index contributed by atoms with van der Waals surface area (Å²) < 4.78 is 5.64. The van der Waals surface area contributed by atoms with E-state index in [0.717, 1.165) is 50.4 Å². The minimum atomic E-state index is -0.146. The summed E-state index contributed by atoms with van der Waals surface area (Å²) in [6, 6.07) is 0. The topological polar surface area (TPSA) is 26.3 Å². The molecule has 2 saturated carbocycles. The van der Waals surface area contributed by atoms with Gasteiger partial charge >= 0.3 is 5.97 Å². The standard InChI is InChI=1S/C23H36O2/c1-2-3-4-5-6-7-8-12-15-23(24)25-22-18-16-21(17-19-22)20-13-10-9-11-14-20/h2-4,12,15,20-22H,1,5-11,13-14,16-19H2/b4-3+,15-12-. The van der Waals surface area contributed by atoms with Crippen molar-refractivity contribution in [2.24, 2.45) is 11.8 Å². The number of carbonyl (C=O) groups excluding carboxylic acids is 1. The predicted octanol–water partition coefficient (Wildman–Crippen LogP) is 6.53. The smallest absolute Gasteiger partial charge is 0.330 e. The minimum Gasteiger partial charge on any atom is -0.459 e. The molecule has 0 aromatic heterocycles. The highest BCUT2D eigenvalue weighted by Crippen LogP contribution is 2.38. The predicted molar refractivity (Wildman–Crippen MR) is 105 cm³/mol. The molecule has 0 unspecified atom stereocenters. The molecule has 0 saturated heterocycles. The second kappa shape index (κ2) is 12.1. The first-order chi connectivity index (χ1) is 12.3. The molecule has 2 aliphatic rings. The van der Waals surface area contributed by atoms with Gasteiger partial charge in [-0.1, -0.05) is 63.0 Å². The van der Waals surface area contributed by atoms with Crippen molar-refractivity contribution in [3.8, 4) is 0 Å². The van der Waals surface area contributed by atoms with Crippen LogP contribution in [0.1, 0.15) is 83.5 Å². The Hall–Kier alpha value is -1.31. The average Bonchev–Trinajstić information content (AvgIpc) is 2.65. The molecule has 2 nitrogen and oxygen atoms in total. The van der Waals surface area contributed by atoms with E-state index in [9.17, 15) is 4.79 Å². The van der Waals surface area contributed by atoms with E-state index in [-0.39, 0.29) is 12.1 Å². The highest BCUT2D eigenvalue weighted by molar-refractivity contribution is 5.82. The third kappa shape index (κ3) is 8.07. The van der Waals surface area contributed by atoms with Gasteiger partial charge in [0.1, 0.15) is 6.10 Å². The van der Waals surface area contributed by atoms with Crippen LogP contribution in [-0.2, 0) is 9.53 Å². The van der Waals surface area contributed by atoms with Crippen LogP contribution in [0.4, 0.5) is 0 Å². The molecule has 25 heavy (non-hydrogen) atoms. The average molecular weight is 345 g/mol. The quantitative estimate of drug-likeness (QED) is 0.206. The van der Waals surface area contributed by atoms with Crippen LogP contribution in [-0.4, -0.2) is 12.1 Å². The lowest BCUT2D eigenvalue weighted by molar-refractivity contribution is -0.145. The Morgan fingerprint density at radius 1 is 0.880 bits per heavy atom. The van der Waals surface area contributed by atoms with Crippen LogP contribution in [0, 0.1) is 11.8 Å². The lowest BCUT2D eigenvalue weighted by Gasteiger charge is -2.35. The number of allylic oxidation sites excluding steroid dienone is 4. The molecular weight excluding hydrogens is 308 g/mol. The van der Waals surface area contributed by atoms with Crippen molar-refractivity contribution < 1.29 is 9.53 Å². The Morgan fingerprint density at radius 2 is 1.52 bits per heavy atom. The molecule has 0 aromatic rings. The molecule has 0 bridgehead atoms. The van der Waals surface area contributed by atoms with E-state index >= 15 is 0 Å². The molecular formula is C23H36O2. The molecule has 2 heteroatoms. The number of hydrogen-bond acceptors (Lipinski definition) is 2. The van der Waals surface area contributed by atoms with Gasteiger partial charge in [0.2, 0.25) is 0 Å². The molecule has 0 aromatic carbocycles. The molecule has 0 amide bonds. The lowest BCUT2D eigenvalue weighted by Crippen LogP contribution is -2.28. The van der Waals surface area contributed by atoms with Crippen molar-refractivity contribution in [3.05, 3.63) is 37.0 Å². The molecule has 2 fully saturated rings.